The van der Waals surface area contributed by atoms with Crippen molar-refractivity contribution in [2.75, 3.05) is 13.1 Å². The highest BCUT2D eigenvalue weighted by molar-refractivity contribution is 7.10. The van der Waals surface area contributed by atoms with Crippen LogP contribution in [0.15, 0.2) is 17.5 Å². The van der Waals surface area contributed by atoms with E-state index in [1.54, 1.807) is 11.3 Å². The van der Waals surface area contributed by atoms with Crippen LogP contribution in [0.25, 0.3) is 0 Å². The largest absolute Gasteiger partial charge is 0.386 e. The summed E-state index contributed by atoms with van der Waals surface area (Å²) in [5.74, 6) is 0.749. The molecule has 1 aromatic rings. The molecule has 0 radical (unpaired) electrons. The first kappa shape index (κ1) is 12.1. The Balaban J connectivity index is 1.73. The zero-order chi connectivity index (χ0) is 11.6. The van der Waals surface area contributed by atoms with Gasteiger partial charge >= 0.3 is 0 Å². The van der Waals surface area contributed by atoms with Crippen LogP contribution >= 0.6 is 11.3 Å². The van der Waals surface area contributed by atoms with Gasteiger partial charge in [0.25, 0.3) is 0 Å². The minimum atomic E-state index is -0.344. The number of aliphatic hydroxyl groups excluding tert-OH is 1. The molecule has 2 rings (SSSR count). The summed E-state index contributed by atoms with van der Waals surface area (Å²) in [6.45, 7) is 6.32. The fraction of sp³-hybridized carbons (Fsp3) is 0.692. The molecule has 0 aliphatic heterocycles. The summed E-state index contributed by atoms with van der Waals surface area (Å²) in [6.07, 6.45) is 2.34. The van der Waals surface area contributed by atoms with E-state index >= 15 is 0 Å². The Kier molecular flexibility index (Phi) is 3.67. The lowest BCUT2D eigenvalue weighted by atomic mass is 9.92. The predicted octanol–water partition coefficient (Wildman–Crippen LogP) is 2.81. The number of nitrogens with one attached hydrogen (secondary N) is 1. The zero-order valence-electron chi connectivity index (χ0n) is 10.1. The SMILES string of the molecule is CC(C)C1(CNCC(O)c2cccs2)CC1. The van der Waals surface area contributed by atoms with Gasteiger partial charge in [0.15, 0.2) is 0 Å². The maximum atomic E-state index is 9.91. The molecular weight excluding hydrogens is 218 g/mol. The second-order valence-corrected chi connectivity index (χ2v) is 6.16. The first-order valence-corrected chi connectivity index (χ1v) is 6.94. The van der Waals surface area contributed by atoms with Crippen molar-refractivity contribution in [3.63, 3.8) is 0 Å². The number of rotatable bonds is 6. The van der Waals surface area contributed by atoms with Gasteiger partial charge < -0.3 is 10.4 Å². The highest BCUT2D eigenvalue weighted by Crippen LogP contribution is 2.51. The lowest BCUT2D eigenvalue weighted by Gasteiger charge is -2.21. The van der Waals surface area contributed by atoms with Gasteiger partial charge in [0.2, 0.25) is 0 Å². The molecule has 1 aliphatic rings. The molecule has 16 heavy (non-hydrogen) atoms. The van der Waals surface area contributed by atoms with E-state index < -0.39 is 0 Å². The second kappa shape index (κ2) is 4.86. The third kappa shape index (κ3) is 2.65. The minimum absolute atomic E-state index is 0.344. The fourth-order valence-electron chi connectivity index (χ4n) is 2.16. The summed E-state index contributed by atoms with van der Waals surface area (Å²) in [5.41, 5.74) is 0.523. The Morgan fingerprint density at radius 1 is 1.50 bits per heavy atom. The molecule has 0 spiro atoms. The number of thiophene rings is 1. The molecule has 0 amide bonds. The zero-order valence-corrected chi connectivity index (χ0v) is 10.9. The van der Waals surface area contributed by atoms with Crippen LogP contribution in [0.3, 0.4) is 0 Å². The summed E-state index contributed by atoms with van der Waals surface area (Å²) >= 11 is 1.62. The molecule has 90 valence electrons. The monoisotopic (exact) mass is 239 g/mol. The molecule has 1 fully saturated rings. The van der Waals surface area contributed by atoms with Crippen molar-refractivity contribution in [1.82, 2.24) is 5.32 Å². The van der Waals surface area contributed by atoms with Crippen LogP contribution in [0.2, 0.25) is 0 Å². The number of hydrogen-bond donors (Lipinski definition) is 2. The third-order valence-electron chi connectivity index (χ3n) is 3.80. The molecule has 1 aromatic heterocycles. The first-order chi connectivity index (χ1) is 7.64. The van der Waals surface area contributed by atoms with E-state index in [-0.39, 0.29) is 6.10 Å². The van der Waals surface area contributed by atoms with Gasteiger partial charge in [-0.15, -0.1) is 11.3 Å². The Morgan fingerprint density at radius 2 is 2.25 bits per heavy atom. The molecule has 1 heterocycles. The van der Waals surface area contributed by atoms with E-state index in [4.69, 9.17) is 0 Å². The molecular formula is C13H21NOS. The summed E-state index contributed by atoms with van der Waals surface area (Å²) in [4.78, 5) is 1.06. The van der Waals surface area contributed by atoms with Crippen molar-refractivity contribution >= 4 is 11.3 Å². The van der Waals surface area contributed by atoms with E-state index in [0.29, 0.717) is 12.0 Å². The molecule has 3 heteroatoms. The molecule has 1 atom stereocenters. The van der Waals surface area contributed by atoms with E-state index in [1.165, 1.54) is 12.8 Å². The Morgan fingerprint density at radius 3 is 2.75 bits per heavy atom. The smallest absolute Gasteiger partial charge is 0.101 e. The van der Waals surface area contributed by atoms with Crippen molar-refractivity contribution in [2.45, 2.75) is 32.8 Å². The third-order valence-corrected chi connectivity index (χ3v) is 4.78. The van der Waals surface area contributed by atoms with E-state index in [1.807, 2.05) is 17.5 Å². The topological polar surface area (TPSA) is 32.3 Å². The lowest BCUT2D eigenvalue weighted by Crippen LogP contribution is -2.30. The van der Waals surface area contributed by atoms with Gasteiger partial charge in [0.05, 0.1) is 0 Å². The molecule has 1 saturated carbocycles. The van der Waals surface area contributed by atoms with Crippen LogP contribution in [0.1, 0.15) is 37.7 Å². The van der Waals surface area contributed by atoms with E-state index in [9.17, 15) is 5.11 Å². The van der Waals surface area contributed by atoms with Gasteiger partial charge in [0, 0.05) is 18.0 Å². The van der Waals surface area contributed by atoms with Crippen LogP contribution in [-0.2, 0) is 0 Å². The van der Waals surface area contributed by atoms with Gasteiger partial charge in [-0.1, -0.05) is 19.9 Å². The summed E-state index contributed by atoms with van der Waals surface area (Å²) in [7, 11) is 0. The normalized spacial score (nSPS) is 20.0. The van der Waals surface area contributed by atoms with Crippen molar-refractivity contribution in [2.24, 2.45) is 11.3 Å². The van der Waals surface area contributed by atoms with Crippen LogP contribution in [0, 0.1) is 11.3 Å². The average molecular weight is 239 g/mol. The molecule has 2 N–H and O–H groups in total. The van der Waals surface area contributed by atoms with Crippen molar-refractivity contribution in [1.29, 1.82) is 0 Å². The second-order valence-electron chi connectivity index (χ2n) is 5.18. The van der Waals surface area contributed by atoms with Crippen molar-refractivity contribution < 1.29 is 5.11 Å². The minimum Gasteiger partial charge on any atom is -0.386 e. The summed E-state index contributed by atoms with van der Waals surface area (Å²) in [6, 6.07) is 3.98. The molecule has 0 bridgehead atoms. The quantitative estimate of drug-likeness (QED) is 0.800. The van der Waals surface area contributed by atoms with Crippen LogP contribution in [0.5, 0.6) is 0 Å². The van der Waals surface area contributed by atoms with Crippen molar-refractivity contribution in [3.8, 4) is 0 Å². The van der Waals surface area contributed by atoms with Gasteiger partial charge in [-0.3, -0.25) is 0 Å². The summed E-state index contributed by atoms with van der Waals surface area (Å²) in [5, 5.41) is 15.3. The highest BCUT2D eigenvalue weighted by atomic mass is 32.1. The van der Waals surface area contributed by atoms with Gasteiger partial charge in [0.1, 0.15) is 6.10 Å². The Labute approximate surface area is 102 Å². The highest BCUT2D eigenvalue weighted by Gasteiger charge is 2.44. The average Bonchev–Trinajstić information content (AvgIpc) is 2.85. The predicted molar refractivity (Wildman–Crippen MR) is 68.7 cm³/mol. The molecule has 1 aliphatic carbocycles. The first-order valence-electron chi connectivity index (χ1n) is 6.06. The fourth-order valence-corrected chi connectivity index (χ4v) is 2.87. The number of aliphatic hydroxyl groups is 1. The van der Waals surface area contributed by atoms with Crippen LogP contribution in [0.4, 0.5) is 0 Å². The maximum absolute atomic E-state index is 9.91. The van der Waals surface area contributed by atoms with E-state index in [2.05, 4.69) is 19.2 Å². The summed E-state index contributed by atoms with van der Waals surface area (Å²) < 4.78 is 0. The van der Waals surface area contributed by atoms with Gasteiger partial charge in [-0.2, -0.15) is 0 Å². The van der Waals surface area contributed by atoms with Crippen molar-refractivity contribution in [3.05, 3.63) is 22.4 Å². The molecule has 1 unspecified atom stereocenters. The Bertz CT molecular complexity index is 317. The molecule has 0 aromatic carbocycles. The van der Waals surface area contributed by atoms with Gasteiger partial charge in [-0.25, -0.2) is 0 Å². The molecule has 0 saturated heterocycles. The standard InChI is InChI=1S/C13H21NOS/c1-10(2)13(5-6-13)9-14-8-11(15)12-4-3-7-16-12/h3-4,7,10-11,14-15H,5-6,8-9H2,1-2H3. The lowest BCUT2D eigenvalue weighted by molar-refractivity contribution is 0.173. The van der Waals surface area contributed by atoms with Gasteiger partial charge in [-0.05, 0) is 35.6 Å². The Hall–Kier alpha value is -0.380. The van der Waals surface area contributed by atoms with Crippen LogP contribution in [-0.4, -0.2) is 18.2 Å². The maximum Gasteiger partial charge on any atom is 0.101 e. The van der Waals surface area contributed by atoms with E-state index in [0.717, 1.165) is 17.3 Å². The molecule has 2 nitrogen and oxygen atoms in total. The van der Waals surface area contributed by atoms with Crippen LogP contribution < -0.4 is 5.32 Å². The number of hydrogen-bond acceptors (Lipinski definition) is 3.